The lowest BCUT2D eigenvalue weighted by atomic mass is 10.1. The third-order valence-electron chi connectivity index (χ3n) is 4.01. The molecule has 0 saturated carbocycles. The van der Waals surface area contributed by atoms with Crippen LogP contribution >= 0.6 is 23.2 Å². The van der Waals surface area contributed by atoms with Gasteiger partial charge in [-0.25, -0.2) is 0 Å². The Morgan fingerprint density at radius 1 is 1.07 bits per heavy atom. The van der Waals surface area contributed by atoms with Crippen molar-refractivity contribution in [1.82, 2.24) is 10.2 Å². The summed E-state index contributed by atoms with van der Waals surface area (Å²) < 4.78 is 5.55. The normalized spacial score (nSPS) is 11.6. The van der Waals surface area contributed by atoms with Gasteiger partial charge in [0, 0.05) is 28.7 Å². The number of nitrogens with zero attached hydrogens (tertiary/aromatic N) is 1. The molecule has 27 heavy (non-hydrogen) atoms. The summed E-state index contributed by atoms with van der Waals surface area (Å²) in [6.45, 7) is 3.86. The lowest BCUT2D eigenvalue weighted by Crippen LogP contribution is -2.49. The first-order valence-electron chi connectivity index (χ1n) is 8.62. The molecule has 0 fully saturated rings. The maximum Gasteiger partial charge on any atom is 0.261 e. The number of carbonyl (C=O) groups is 2. The zero-order valence-electron chi connectivity index (χ0n) is 15.2. The summed E-state index contributed by atoms with van der Waals surface area (Å²) in [5.74, 6) is -0.0189. The van der Waals surface area contributed by atoms with E-state index < -0.39 is 6.04 Å². The number of nitrogens with one attached hydrogen (secondary N) is 1. The van der Waals surface area contributed by atoms with E-state index in [4.69, 9.17) is 27.9 Å². The fourth-order valence-electron chi connectivity index (χ4n) is 2.50. The van der Waals surface area contributed by atoms with Gasteiger partial charge in [-0.05, 0) is 38.1 Å². The number of rotatable bonds is 8. The highest BCUT2D eigenvalue weighted by atomic mass is 35.5. The van der Waals surface area contributed by atoms with E-state index in [0.717, 1.165) is 0 Å². The Hall–Kier alpha value is -2.24. The van der Waals surface area contributed by atoms with Crippen LogP contribution in [0.1, 0.15) is 19.4 Å². The highest BCUT2D eigenvalue weighted by molar-refractivity contribution is 6.36. The fraction of sp³-hybridized carbons (Fsp3) is 0.300. The Morgan fingerprint density at radius 3 is 2.30 bits per heavy atom. The fourth-order valence-corrected chi connectivity index (χ4v) is 3.02. The second kappa shape index (κ2) is 10.2. The number of hydrogen-bond acceptors (Lipinski definition) is 3. The van der Waals surface area contributed by atoms with Crippen LogP contribution in [0.2, 0.25) is 10.0 Å². The number of carbonyl (C=O) groups excluding carboxylic acids is 2. The third kappa shape index (κ3) is 5.88. The van der Waals surface area contributed by atoms with Gasteiger partial charge in [0.25, 0.3) is 5.91 Å². The smallest absolute Gasteiger partial charge is 0.261 e. The van der Waals surface area contributed by atoms with Crippen molar-refractivity contribution in [2.45, 2.75) is 26.4 Å². The number of likely N-dealkylation sites (N-methyl/N-ethyl adjacent to an activating group) is 1. The maximum absolute atomic E-state index is 12.8. The summed E-state index contributed by atoms with van der Waals surface area (Å²) in [4.78, 5) is 26.6. The number of ether oxygens (including phenoxy) is 1. The third-order valence-corrected chi connectivity index (χ3v) is 4.72. The predicted octanol–water partition coefficient (Wildman–Crippen LogP) is 3.93. The van der Waals surface area contributed by atoms with Gasteiger partial charge < -0.3 is 15.0 Å². The minimum absolute atomic E-state index is 0.105. The second-order valence-electron chi connectivity index (χ2n) is 5.89. The largest absolute Gasteiger partial charge is 0.484 e. The molecule has 0 saturated heterocycles. The van der Waals surface area contributed by atoms with Crippen LogP contribution in [0.15, 0.2) is 48.5 Å². The summed E-state index contributed by atoms with van der Waals surface area (Å²) in [6, 6.07) is 13.4. The zero-order chi connectivity index (χ0) is 19.8. The molecule has 2 amide bonds. The average Bonchev–Trinajstić information content (AvgIpc) is 2.66. The van der Waals surface area contributed by atoms with Crippen molar-refractivity contribution in [1.29, 1.82) is 0 Å². The lowest BCUT2D eigenvalue weighted by molar-refractivity contribution is -0.142. The van der Waals surface area contributed by atoms with Gasteiger partial charge in [-0.3, -0.25) is 9.59 Å². The summed E-state index contributed by atoms with van der Waals surface area (Å²) in [7, 11) is 0. The van der Waals surface area contributed by atoms with E-state index in [1.165, 1.54) is 4.90 Å². The van der Waals surface area contributed by atoms with E-state index in [2.05, 4.69) is 5.32 Å². The Balaban J connectivity index is 2.20. The molecule has 0 radical (unpaired) electrons. The molecule has 2 rings (SSSR count). The van der Waals surface area contributed by atoms with Crippen LogP contribution in [0.3, 0.4) is 0 Å². The van der Waals surface area contributed by atoms with Crippen molar-refractivity contribution < 1.29 is 14.3 Å². The van der Waals surface area contributed by atoms with Crippen molar-refractivity contribution in [3.05, 3.63) is 64.1 Å². The Kier molecular flexibility index (Phi) is 7.95. The Bertz CT molecular complexity index is 764. The Labute approximate surface area is 169 Å². The van der Waals surface area contributed by atoms with Crippen molar-refractivity contribution in [2.24, 2.45) is 0 Å². The van der Waals surface area contributed by atoms with Crippen LogP contribution in [0.4, 0.5) is 0 Å². The minimum atomic E-state index is -0.704. The Morgan fingerprint density at radius 2 is 1.70 bits per heavy atom. The van der Waals surface area contributed by atoms with Gasteiger partial charge in [-0.15, -0.1) is 0 Å². The molecule has 5 nitrogen and oxygen atoms in total. The highest BCUT2D eigenvalue weighted by Crippen LogP contribution is 2.26. The zero-order valence-corrected chi connectivity index (χ0v) is 16.8. The molecule has 144 valence electrons. The molecule has 7 heteroatoms. The van der Waals surface area contributed by atoms with E-state index >= 15 is 0 Å². The van der Waals surface area contributed by atoms with E-state index in [-0.39, 0.29) is 25.0 Å². The SMILES string of the molecule is CCNC(=O)C(C)N(Cc1c(Cl)cccc1Cl)C(=O)COc1ccccc1. The molecule has 0 bridgehead atoms. The molecular formula is C20H22Cl2N2O3. The number of amides is 2. The van der Waals surface area contributed by atoms with Gasteiger partial charge in [0.2, 0.25) is 5.91 Å². The molecule has 0 aliphatic heterocycles. The van der Waals surface area contributed by atoms with Gasteiger partial charge >= 0.3 is 0 Å². The van der Waals surface area contributed by atoms with Crippen molar-refractivity contribution in [3.8, 4) is 5.75 Å². The molecule has 0 spiro atoms. The maximum atomic E-state index is 12.8. The van der Waals surface area contributed by atoms with Crippen molar-refractivity contribution in [2.75, 3.05) is 13.2 Å². The summed E-state index contributed by atoms with van der Waals surface area (Å²) in [5, 5.41) is 3.60. The number of benzene rings is 2. The minimum Gasteiger partial charge on any atom is -0.484 e. The molecular weight excluding hydrogens is 387 g/mol. The van der Waals surface area contributed by atoms with Gasteiger partial charge in [0.15, 0.2) is 6.61 Å². The first-order valence-corrected chi connectivity index (χ1v) is 9.37. The van der Waals surface area contributed by atoms with E-state index in [9.17, 15) is 9.59 Å². The number of hydrogen-bond donors (Lipinski definition) is 1. The first-order chi connectivity index (χ1) is 12.9. The van der Waals surface area contributed by atoms with Crippen molar-refractivity contribution >= 4 is 35.0 Å². The topological polar surface area (TPSA) is 58.6 Å². The van der Waals surface area contributed by atoms with Crippen LogP contribution in [-0.2, 0) is 16.1 Å². The predicted molar refractivity (Wildman–Crippen MR) is 107 cm³/mol. The van der Waals surface area contributed by atoms with E-state index in [1.54, 1.807) is 37.3 Å². The highest BCUT2D eigenvalue weighted by Gasteiger charge is 2.27. The molecule has 0 aliphatic carbocycles. The van der Waals surface area contributed by atoms with Gasteiger partial charge in [0.1, 0.15) is 11.8 Å². The first kappa shape index (κ1) is 21.1. The summed E-state index contributed by atoms with van der Waals surface area (Å²) >= 11 is 12.5. The quantitative estimate of drug-likeness (QED) is 0.719. The van der Waals surface area contributed by atoms with Crippen molar-refractivity contribution in [3.63, 3.8) is 0 Å². The molecule has 1 unspecified atom stereocenters. The average molecular weight is 409 g/mol. The van der Waals surface area contributed by atoms with E-state index in [1.807, 2.05) is 25.1 Å². The molecule has 2 aromatic carbocycles. The van der Waals surface area contributed by atoms with Crippen LogP contribution in [0, 0.1) is 0 Å². The second-order valence-corrected chi connectivity index (χ2v) is 6.71. The molecule has 0 heterocycles. The molecule has 2 aromatic rings. The molecule has 1 atom stereocenters. The van der Waals surface area contributed by atoms with Crippen LogP contribution < -0.4 is 10.1 Å². The van der Waals surface area contributed by atoms with Crippen LogP contribution in [-0.4, -0.2) is 35.9 Å². The van der Waals surface area contributed by atoms with Gasteiger partial charge in [0.05, 0.1) is 0 Å². The van der Waals surface area contributed by atoms with Gasteiger partial charge in [-0.1, -0.05) is 47.5 Å². The molecule has 1 N–H and O–H groups in total. The lowest BCUT2D eigenvalue weighted by Gasteiger charge is -2.29. The standard InChI is InChI=1S/C20H22Cl2N2O3/c1-3-23-20(26)14(2)24(12-16-17(21)10-7-11-18(16)22)19(25)13-27-15-8-5-4-6-9-15/h4-11,14H,3,12-13H2,1-2H3,(H,23,26). The van der Waals surface area contributed by atoms with Crippen LogP contribution in [0.5, 0.6) is 5.75 Å². The van der Waals surface area contributed by atoms with Gasteiger partial charge in [-0.2, -0.15) is 0 Å². The molecule has 0 aliphatic rings. The van der Waals surface area contributed by atoms with E-state index in [0.29, 0.717) is 27.9 Å². The number of para-hydroxylation sites is 1. The van der Waals surface area contributed by atoms with Crippen LogP contribution in [0.25, 0.3) is 0 Å². The summed E-state index contributed by atoms with van der Waals surface area (Å²) in [6.07, 6.45) is 0. The summed E-state index contributed by atoms with van der Waals surface area (Å²) in [5.41, 5.74) is 0.588. The molecule has 0 aromatic heterocycles. The monoisotopic (exact) mass is 408 g/mol. The number of halogens is 2.